The molecule has 0 bridgehead atoms. The van der Waals surface area contributed by atoms with E-state index in [1.165, 1.54) is 17.7 Å². The van der Waals surface area contributed by atoms with Crippen LogP contribution in [0.15, 0.2) is 48.5 Å². The summed E-state index contributed by atoms with van der Waals surface area (Å²) in [5.41, 5.74) is 1.52. The van der Waals surface area contributed by atoms with Crippen molar-refractivity contribution in [2.45, 2.75) is 45.1 Å². The fourth-order valence-corrected chi connectivity index (χ4v) is 2.57. The van der Waals surface area contributed by atoms with E-state index in [-0.39, 0.29) is 11.2 Å². The number of hydrogen-bond acceptors (Lipinski definition) is 1. The van der Waals surface area contributed by atoms with Crippen LogP contribution >= 0.6 is 0 Å². The Labute approximate surface area is 126 Å². The summed E-state index contributed by atoms with van der Waals surface area (Å²) in [6, 6.07) is 14.1. The smallest absolute Gasteiger partial charge is 0.123 e. The molecule has 0 amide bonds. The average molecular weight is 286 g/mol. The number of hydrogen-bond donors (Lipinski definition) is 1. The third kappa shape index (κ3) is 3.16. The van der Waals surface area contributed by atoms with E-state index in [9.17, 15) is 9.50 Å². The minimum Gasteiger partial charge on any atom is -0.380 e. The molecule has 1 nitrogen and oxygen atoms in total. The molecule has 0 aliphatic heterocycles. The first-order valence-electron chi connectivity index (χ1n) is 7.37. The number of halogens is 1. The average Bonchev–Trinajstić information content (AvgIpc) is 2.45. The summed E-state index contributed by atoms with van der Waals surface area (Å²) in [4.78, 5) is 0. The lowest BCUT2D eigenvalue weighted by atomic mass is 9.81. The maximum absolute atomic E-state index is 13.5. The van der Waals surface area contributed by atoms with Crippen molar-refractivity contribution in [3.8, 4) is 0 Å². The van der Waals surface area contributed by atoms with Gasteiger partial charge in [-0.1, -0.05) is 64.1 Å². The van der Waals surface area contributed by atoms with Crippen LogP contribution in [-0.4, -0.2) is 5.11 Å². The predicted octanol–water partition coefficient (Wildman–Crippen LogP) is 4.77. The zero-order valence-electron chi connectivity index (χ0n) is 13.2. The van der Waals surface area contributed by atoms with Gasteiger partial charge >= 0.3 is 0 Å². The number of benzene rings is 2. The highest BCUT2D eigenvalue weighted by Gasteiger charge is 2.30. The van der Waals surface area contributed by atoms with Crippen molar-refractivity contribution in [1.29, 1.82) is 0 Å². The zero-order chi connectivity index (χ0) is 15.7. The Kier molecular flexibility index (Phi) is 4.20. The van der Waals surface area contributed by atoms with Crippen LogP contribution in [0.3, 0.4) is 0 Å². The van der Waals surface area contributed by atoms with Gasteiger partial charge in [-0.25, -0.2) is 4.39 Å². The second-order valence-electron chi connectivity index (χ2n) is 6.55. The van der Waals surface area contributed by atoms with Gasteiger partial charge in [-0.3, -0.25) is 0 Å². The first kappa shape index (κ1) is 15.7. The van der Waals surface area contributed by atoms with E-state index >= 15 is 0 Å². The van der Waals surface area contributed by atoms with Gasteiger partial charge in [0.15, 0.2) is 0 Å². The molecule has 0 aliphatic carbocycles. The third-order valence-electron chi connectivity index (χ3n) is 4.04. The van der Waals surface area contributed by atoms with Gasteiger partial charge in [0.2, 0.25) is 0 Å². The Morgan fingerprint density at radius 1 is 0.905 bits per heavy atom. The fourth-order valence-electron chi connectivity index (χ4n) is 2.57. The van der Waals surface area contributed by atoms with E-state index in [4.69, 9.17) is 0 Å². The summed E-state index contributed by atoms with van der Waals surface area (Å²) >= 11 is 0. The number of aliphatic hydroxyl groups is 1. The molecule has 0 saturated carbocycles. The molecule has 0 spiro atoms. The van der Waals surface area contributed by atoms with Gasteiger partial charge in [0, 0.05) is 0 Å². The molecule has 0 fully saturated rings. The molecule has 2 aromatic rings. The van der Waals surface area contributed by atoms with E-state index in [2.05, 4.69) is 20.8 Å². The van der Waals surface area contributed by atoms with Crippen LogP contribution in [0.4, 0.5) is 4.39 Å². The van der Waals surface area contributed by atoms with Crippen LogP contribution in [0.1, 0.15) is 50.8 Å². The summed E-state index contributed by atoms with van der Waals surface area (Å²) in [6.45, 7) is 8.37. The summed E-state index contributed by atoms with van der Waals surface area (Å²) in [6.07, 6.45) is 0.491. The monoisotopic (exact) mass is 286 g/mol. The summed E-state index contributed by atoms with van der Waals surface area (Å²) < 4.78 is 13.5. The van der Waals surface area contributed by atoms with E-state index in [1.807, 2.05) is 31.2 Å². The highest BCUT2D eigenvalue weighted by molar-refractivity contribution is 5.38. The van der Waals surface area contributed by atoms with Crippen molar-refractivity contribution >= 4 is 0 Å². The van der Waals surface area contributed by atoms with Gasteiger partial charge in [0.05, 0.1) is 0 Å². The van der Waals surface area contributed by atoms with Crippen molar-refractivity contribution in [2.24, 2.45) is 0 Å². The molecule has 2 rings (SSSR count). The van der Waals surface area contributed by atoms with Gasteiger partial charge in [0.1, 0.15) is 11.4 Å². The molecular weight excluding hydrogens is 263 g/mol. The minimum atomic E-state index is -1.15. The van der Waals surface area contributed by atoms with Crippen molar-refractivity contribution in [3.05, 3.63) is 71.0 Å². The Hall–Kier alpha value is -1.67. The largest absolute Gasteiger partial charge is 0.380 e. The SMILES string of the molecule is CCC(O)(c1ccc(C(C)(C)C)cc1)c1cccc(F)c1. The predicted molar refractivity (Wildman–Crippen MR) is 84.8 cm³/mol. The molecule has 112 valence electrons. The molecule has 1 unspecified atom stereocenters. The van der Waals surface area contributed by atoms with Crippen molar-refractivity contribution in [2.75, 3.05) is 0 Å². The topological polar surface area (TPSA) is 20.2 Å². The highest BCUT2D eigenvalue weighted by atomic mass is 19.1. The molecule has 0 aliphatic rings. The van der Waals surface area contributed by atoms with Crippen LogP contribution in [0.5, 0.6) is 0 Å². The van der Waals surface area contributed by atoms with Crippen molar-refractivity contribution in [3.63, 3.8) is 0 Å². The van der Waals surface area contributed by atoms with Crippen molar-refractivity contribution < 1.29 is 9.50 Å². The lowest BCUT2D eigenvalue weighted by Crippen LogP contribution is -2.26. The fraction of sp³-hybridized carbons (Fsp3) is 0.368. The normalized spacial score (nSPS) is 14.8. The van der Waals surface area contributed by atoms with E-state index < -0.39 is 5.60 Å². The molecule has 1 N–H and O–H groups in total. The maximum atomic E-state index is 13.5. The van der Waals surface area contributed by atoms with Crippen LogP contribution < -0.4 is 0 Å². The first-order valence-corrected chi connectivity index (χ1v) is 7.37. The molecule has 2 aromatic carbocycles. The van der Waals surface area contributed by atoms with Gasteiger partial charge in [-0.15, -0.1) is 0 Å². The van der Waals surface area contributed by atoms with E-state index in [1.54, 1.807) is 12.1 Å². The standard InChI is InChI=1S/C19H23FO/c1-5-19(21,16-7-6-8-17(20)13-16)15-11-9-14(10-12-15)18(2,3)4/h6-13,21H,5H2,1-4H3. The summed E-state index contributed by atoms with van der Waals surface area (Å²) in [7, 11) is 0. The lowest BCUT2D eigenvalue weighted by molar-refractivity contribution is 0.0761. The summed E-state index contributed by atoms with van der Waals surface area (Å²) in [5, 5.41) is 11.0. The third-order valence-corrected chi connectivity index (χ3v) is 4.04. The second-order valence-corrected chi connectivity index (χ2v) is 6.55. The zero-order valence-corrected chi connectivity index (χ0v) is 13.2. The molecule has 0 heterocycles. The quantitative estimate of drug-likeness (QED) is 0.861. The second kappa shape index (κ2) is 5.61. The van der Waals surface area contributed by atoms with Gasteiger partial charge in [-0.2, -0.15) is 0 Å². The van der Waals surface area contributed by atoms with Crippen molar-refractivity contribution in [1.82, 2.24) is 0 Å². The molecule has 2 heteroatoms. The van der Waals surface area contributed by atoms with Gasteiger partial charge < -0.3 is 5.11 Å². The molecule has 21 heavy (non-hydrogen) atoms. The van der Waals surface area contributed by atoms with E-state index in [0.717, 1.165) is 5.56 Å². The van der Waals surface area contributed by atoms with Crippen LogP contribution in [0.2, 0.25) is 0 Å². The van der Waals surface area contributed by atoms with Crippen LogP contribution in [-0.2, 0) is 11.0 Å². The Bertz CT molecular complexity index is 610. The Morgan fingerprint density at radius 2 is 1.48 bits per heavy atom. The molecule has 0 saturated heterocycles. The lowest BCUT2D eigenvalue weighted by Gasteiger charge is -2.29. The first-order chi connectivity index (χ1) is 9.77. The minimum absolute atomic E-state index is 0.0711. The van der Waals surface area contributed by atoms with Gasteiger partial charge in [0.25, 0.3) is 0 Å². The Morgan fingerprint density at radius 3 is 1.95 bits per heavy atom. The molecular formula is C19H23FO. The van der Waals surface area contributed by atoms with Crippen LogP contribution in [0.25, 0.3) is 0 Å². The maximum Gasteiger partial charge on any atom is 0.123 e. The molecule has 1 atom stereocenters. The van der Waals surface area contributed by atoms with Crippen LogP contribution in [0, 0.1) is 5.82 Å². The number of rotatable bonds is 3. The highest BCUT2D eigenvalue weighted by Crippen LogP contribution is 2.34. The van der Waals surface area contributed by atoms with E-state index in [0.29, 0.717) is 12.0 Å². The molecule has 0 radical (unpaired) electrons. The molecule has 0 aromatic heterocycles. The Balaban J connectivity index is 2.46. The summed E-state index contributed by atoms with van der Waals surface area (Å²) in [5.74, 6) is -0.328. The van der Waals surface area contributed by atoms with Gasteiger partial charge in [-0.05, 0) is 40.7 Å².